The van der Waals surface area contributed by atoms with E-state index >= 15 is 0 Å². The number of hydrogen-bond acceptors (Lipinski definition) is 4. The molecule has 3 nitrogen and oxygen atoms in total. The molecule has 1 unspecified atom stereocenters. The minimum absolute atomic E-state index is 0.0291. The first-order chi connectivity index (χ1) is 8.95. The molecule has 0 aliphatic rings. The Balaban J connectivity index is 2.50. The molecule has 0 spiro atoms. The zero-order valence-electron chi connectivity index (χ0n) is 11.6. The number of benzene rings is 1. The van der Waals surface area contributed by atoms with Gasteiger partial charge in [-0.3, -0.25) is 0 Å². The molecule has 5 heteroatoms. The molecular weight excluding hydrogens is 278 g/mol. The molecule has 102 valence electrons. The monoisotopic (exact) mass is 295 g/mol. The lowest BCUT2D eigenvalue weighted by molar-refractivity contribution is 0.549. The summed E-state index contributed by atoms with van der Waals surface area (Å²) >= 11 is 7.74. The summed E-state index contributed by atoms with van der Waals surface area (Å²) in [5.74, 6) is 0. The van der Waals surface area contributed by atoms with Crippen molar-refractivity contribution in [2.45, 2.75) is 32.2 Å². The fourth-order valence-electron chi connectivity index (χ4n) is 2.04. The summed E-state index contributed by atoms with van der Waals surface area (Å²) in [7, 11) is 1.93. The first kappa shape index (κ1) is 14.4. The van der Waals surface area contributed by atoms with Crippen LogP contribution in [-0.4, -0.2) is 16.6 Å². The van der Waals surface area contributed by atoms with Crippen LogP contribution in [-0.2, 0) is 5.41 Å². The summed E-state index contributed by atoms with van der Waals surface area (Å²) in [6, 6.07) is 7.91. The molecular formula is C14H18ClN3S. The van der Waals surface area contributed by atoms with Crippen LogP contribution in [0.25, 0.3) is 0 Å². The molecule has 0 amide bonds. The van der Waals surface area contributed by atoms with E-state index in [0.29, 0.717) is 0 Å². The fourth-order valence-corrected chi connectivity index (χ4v) is 3.28. The summed E-state index contributed by atoms with van der Waals surface area (Å²) in [5.41, 5.74) is 2.05. The maximum atomic E-state index is 6.31. The Labute approximate surface area is 123 Å². The molecule has 1 N–H and O–H groups in total. The number of halogens is 1. The molecule has 19 heavy (non-hydrogen) atoms. The van der Waals surface area contributed by atoms with E-state index in [2.05, 4.69) is 35.7 Å². The summed E-state index contributed by atoms with van der Waals surface area (Å²) in [5, 5.41) is 8.38. The van der Waals surface area contributed by atoms with Crippen molar-refractivity contribution in [1.82, 2.24) is 14.9 Å². The Bertz CT molecular complexity index is 560. The Hall–Kier alpha value is -0.970. The van der Waals surface area contributed by atoms with Crippen LogP contribution in [0.5, 0.6) is 0 Å². The van der Waals surface area contributed by atoms with Crippen molar-refractivity contribution in [3.8, 4) is 0 Å². The van der Waals surface area contributed by atoms with E-state index in [9.17, 15) is 0 Å². The van der Waals surface area contributed by atoms with Gasteiger partial charge in [0.25, 0.3) is 0 Å². The summed E-state index contributed by atoms with van der Waals surface area (Å²) in [6.45, 7) is 6.44. The second-order valence-corrected chi connectivity index (χ2v) is 6.67. The van der Waals surface area contributed by atoms with E-state index in [1.54, 1.807) is 0 Å². The molecule has 0 saturated carbocycles. The predicted molar refractivity (Wildman–Crippen MR) is 81.0 cm³/mol. The Morgan fingerprint density at radius 1 is 1.26 bits per heavy atom. The van der Waals surface area contributed by atoms with Crippen LogP contribution in [0.3, 0.4) is 0 Å². The third-order valence-corrected chi connectivity index (χ3v) is 4.12. The minimum atomic E-state index is -0.0291. The zero-order chi connectivity index (χ0) is 14.0. The van der Waals surface area contributed by atoms with Gasteiger partial charge in [0, 0.05) is 10.4 Å². The van der Waals surface area contributed by atoms with Crippen molar-refractivity contribution >= 4 is 23.1 Å². The molecule has 1 aromatic carbocycles. The highest BCUT2D eigenvalue weighted by molar-refractivity contribution is 7.05. The van der Waals surface area contributed by atoms with Gasteiger partial charge in [-0.15, -0.1) is 5.10 Å². The van der Waals surface area contributed by atoms with Crippen molar-refractivity contribution in [3.05, 3.63) is 45.4 Å². The Morgan fingerprint density at radius 3 is 2.53 bits per heavy atom. The van der Waals surface area contributed by atoms with Crippen LogP contribution in [0.1, 0.15) is 42.9 Å². The van der Waals surface area contributed by atoms with E-state index < -0.39 is 0 Å². The quantitative estimate of drug-likeness (QED) is 0.936. The molecule has 0 bridgehead atoms. The summed E-state index contributed by atoms with van der Waals surface area (Å²) < 4.78 is 4.12. The first-order valence-electron chi connectivity index (χ1n) is 6.19. The molecule has 1 aromatic heterocycles. The van der Waals surface area contributed by atoms with E-state index in [-0.39, 0.29) is 11.5 Å². The molecule has 0 aliphatic heterocycles. The van der Waals surface area contributed by atoms with Crippen molar-refractivity contribution in [2.24, 2.45) is 0 Å². The van der Waals surface area contributed by atoms with Gasteiger partial charge < -0.3 is 5.32 Å². The molecule has 1 atom stereocenters. The Kier molecular flexibility index (Phi) is 4.23. The standard InChI is InChI=1S/C14H18ClN3S/c1-14(2,3)13-12(19-18-17-13)11(16-4)9-7-5-6-8-10(9)15/h5-8,11,16H,1-4H3. The maximum absolute atomic E-state index is 6.31. The number of hydrogen-bond donors (Lipinski definition) is 1. The Morgan fingerprint density at radius 2 is 1.95 bits per heavy atom. The van der Waals surface area contributed by atoms with E-state index in [1.165, 1.54) is 11.5 Å². The summed E-state index contributed by atoms with van der Waals surface area (Å²) in [4.78, 5) is 1.13. The molecule has 2 aromatic rings. The highest BCUT2D eigenvalue weighted by Gasteiger charge is 2.28. The smallest absolute Gasteiger partial charge is 0.0860 e. The van der Waals surface area contributed by atoms with Gasteiger partial charge in [0.05, 0.1) is 16.6 Å². The normalized spacial score (nSPS) is 13.5. The van der Waals surface area contributed by atoms with E-state index in [1.807, 2.05) is 31.3 Å². The van der Waals surface area contributed by atoms with Crippen LogP contribution in [0, 0.1) is 0 Å². The van der Waals surface area contributed by atoms with Crippen LogP contribution < -0.4 is 5.32 Å². The lowest BCUT2D eigenvalue weighted by Crippen LogP contribution is -2.22. The maximum Gasteiger partial charge on any atom is 0.0860 e. The van der Waals surface area contributed by atoms with E-state index in [4.69, 9.17) is 11.6 Å². The second-order valence-electron chi connectivity index (χ2n) is 5.48. The molecule has 0 saturated heterocycles. The highest BCUT2D eigenvalue weighted by atomic mass is 35.5. The predicted octanol–water partition coefficient (Wildman–Crippen LogP) is 3.80. The third-order valence-electron chi connectivity index (χ3n) is 2.99. The van der Waals surface area contributed by atoms with Crippen molar-refractivity contribution in [1.29, 1.82) is 0 Å². The SMILES string of the molecule is CNC(c1ccccc1Cl)c1snnc1C(C)(C)C. The number of nitrogens with zero attached hydrogens (tertiary/aromatic N) is 2. The lowest BCUT2D eigenvalue weighted by Gasteiger charge is -2.22. The van der Waals surface area contributed by atoms with Crippen LogP contribution in [0.15, 0.2) is 24.3 Å². The fraction of sp³-hybridized carbons (Fsp3) is 0.429. The molecule has 0 radical (unpaired) electrons. The molecule has 2 rings (SSSR count). The van der Waals surface area contributed by atoms with Gasteiger partial charge in [-0.2, -0.15) is 0 Å². The first-order valence-corrected chi connectivity index (χ1v) is 7.34. The van der Waals surface area contributed by atoms with Gasteiger partial charge in [0.2, 0.25) is 0 Å². The molecule has 1 heterocycles. The number of nitrogens with one attached hydrogen (secondary N) is 1. The molecule has 0 fully saturated rings. The van der Waals surface area contributed by atoms with Crippen LogP contribution in [0.2, 0.25) is 5.02 Å². The second kappa shape index (κ2) is 5.57. The van der Waals surface area contributed by atoms with Crippen molar-refractivity contribution in [2.75, 3.05) is 7.05 Å². The van der Waals surface area contributed by atoms with E-state index in [0.717, 1.165) is 21.2 Å². The zero-order valence-corrected chi connectivity index (χ0v) is 13.1. The number of rotatable bonds is 3. The highest BCUT2D eigenvalue weighted by Crippen LogP contribution is 2.35. The van der Waals surface area contributed by atoms with Crippen molar-refractivity contribution in [3.63, 3.8) is 0 Å². The number of aromatic nitrogens is 2. The van der Waals surface area contributed by atoms with Gasteiger partial charge >= 0.3 is 0 Å². The van der Waals surface area contributed by atoms with Gasteiger partial charge in [-0.05, 0) is 30.2 Å². The van der Waals surface area contributed by atoms with Crippen LogP contribution in [0.4, 0.5) is 0 Å². The molecule has 0 aliphatic carbocycles. The van der Waals surface area contributed by atoms with Gasteiger partial charge in [-0.25, -0.2) is 0 Å². The third kappa shape index (κ3) is 2.96. The minimum Gasteiger partial charge on any atom is -0.309 e. The van der Waals surface area contributed by atoms with Crippen LogP contribution >= 0.6 is 23.1 Å². The average molecular weight is 296 g/mol. The van der Waals surface area contributed by atoms with Gasteiger partial charge in [-0.1, -0.05) is 55.1 Å². The largest absolute Gasteiger partial charge is 0.309 e. The van der Waals surface area contributed by atoms with Crippen molar-refractivity contribution < 1.29 is 0 Å². The lowest BCUT2D eigenvalue weighted by atomic mass is 9.89. The summed E-state index contributed by atoms with van der Waals surface area (Å²) in [6.07, 6.45) is 0. The topological polar surface area (TPSA) is 37.8 Å². The average Bonchev–Trinajstić information content (AvgIpc) is 2.81. The van der Waals surface area contributed by atoms with Gasteiger partial charge in [0.1, 0.15) is 0 Å². The van der Waals surface area contributed by atoms with Gasteiger partial charge in [0.15, 0.2) is 0 Å².